The van der Waals surface area contributed by atoms with Gasteiger partial charge in [0.2, 0.25) is 0 Å². The molecule has 1 saturated heterocycles. The third kappa shape index (κ3) is 4.36. The van der Waals surface area contributed by atoms with Crippen LogP contribution in [0.2, 0.25) is 0 Å². The SMILES string of the molecule is Fc1ccc(CN(Cc2cccnc2)CC2CCCO2)cc1. The van der Waals surface area contributed by atoms with Crippen LogP contribution in [0.25, 0.3) is 0 Å². The topological polar surface area (TPSA) is 25.4 Å². The quantitative estimate of drug-likeness (QED) is 0.817. The second-order valence-electron chi connectivity index (χ2n) is 5.79. The van der Waals surface area contributed by atoms with Crippen molar-refractivity contribution >= 4 is 0 Å². The molecule has 1 aliphatic heterocycles. The lowest BCUT2D eigenvalue weighted by atomic mass is 10.1. The molecule has 3 rings (SSSR count). The van der Waals surface area contributed by atoms with Gasteiger partial charge in [0.05, 0.1) is 6.10 Å². The van der Waals surface area contributed by atoms with E-state index < -0.39 is 0 Å². The van der Waals surface area contributed by atoms with Crippen molar-refractivity contribution < 1.29 is 9.13 Å². The zero-order valence-corrected chi connectivity index (χ0v) is 12.6. The Labute approximate surface area is 130 Å². The number of benzene rings is 1. The first-order chi connectivity index (χ1) is 10.8. The van der Waals surface area contributed by atoms with Crippen LogP contribution in [0.4, 0.5) is 4.39 Å². The molecule has 4 heteroatoms. The molecule has 1 unspecified atom stereocenters. The van der Waals surface area contributed by atoms with Crippen molar-refractivity contribution in [2.24, 2.45) is 0 Å². The first-order valence-corrected chi connectivity index (χ1v) is 7.77. The molecule has 0 aliphatic carbocycles. The van der Waals surface area contributed by atoms with Crippen molar-refractivity contribution in [2.45, 2.75) is 32.0 Å². The van der Waals surface area contributed by atoms with Crippen molar-refractivity contribution in [1.29, 1.82) is 0 Å². The average molecular weight is 300 g/mol. The van der Waals surface area contributed by atoms with E-state index in [1.54, 1.807) is 6.20 Å². The summed E-state index contributed by atoms with van der Waals surface area (Å²) >= 11 is 0. The number of aromatic nitrogens is 1. The summed E-state index contributed by atoms with van der Waals surface area (Å²) in [5, 5.41) is 0. The molecule has 0 saturated carbocycles. The molecule has 2 aromatic rings. The number of hydrogen-bond donors (Lipinski definition) is 0. The third-order valence-electron chi connectivity index (χ3n) is 3.93. The molecule has 0 N–H and O–H groups in total. The first-order valence-electron chi connectivity index (χ1n) is 7.77. The van der Waals surface area contributed by atoms with Crippen LogP contribution in [-0.4, -0.2) is 29.1 Å². The number of rotatable bonds is 6. The fraction of sp³-hybridized carbons (Fsp3) is 0.389. The van der Waals surface area contributed by atoms with Gasteiger partial charge in [-0.3, -0.25) is 9.88 Å². The summed E-state index contributed by atoms with van der Waals surface area (Å²) in [6, 6.07) is 10.8. The summed E-state index contributed by atoms with van der Waals surface area (Å²) in [5.74, 6) is -0.193. The zero-order chi connectivity index (χ0) is 15.2. The Hall–Kier alpha value is -1.78. The second kappa shape index (κ2) is 7.47. The van der Waals surface area contributed by atoms with E-state index >= 15 is 0 Å². The summed E-state index contributed by atoms with van der Waals surface area (Å²) in [6.45, 7) is 3.37. The number of hydrogen-bond acceptors (Lipinski definition) is 3. The molecule has 1 aromatic carbocycles. The molecular formula is C18H21FN2O. The van der Waals surface area contributed by atoms with Gasteiger partial charge in [-0.05, 0) is 42.2 Å². The fourth-order valence-corrected chi connectivity index (χ4v) is 2.86. The molecule has 1 aromatic heterocycles. The molecule has 0 bridgehead atoms. The number of nitrogens with zero attached hydrogens (tertiary/aromatic N) is 2. The van der Waals surface area contributed by atoms with E-state index in [4.69, 9.17) is 4.74 Å². The number of halogens is 1. The van der Waals surface area contributed by atoms with Gasteiger partial charge in [0.15, 0.2) is 0 Å². The van der Waals surface area contributed by atoms with Gasteiger partial charge >= 0.3 is 0 Å². The third-order valence-corrected chi connectivity index (χ3v) is 3.93. The predicted octanol–water partition coefficient (Wildman–Crippen LogP) is 3.40. The molecular weight excluding hydrogens is 279 g/mol. The monoisotopic (exact) mass is 300 g/mol. The molecule has 2 heterocycles. The minimum Gasteiger partial charge on any atom is -0.377 e. The van der Waals surface area contributed by atoms with E-state index in [1.807, 2.05) is 24.4 Å². The van der Waals surface area contributed by atoms with Gasteiger partial charge in [0.1, 0.15) is 5.82 Å². The van der Waals surface area contributed by atoms with Crippen LogP contribution < -0.4 is 0 Å². The summed E-state index contributed by atoms with van der Waals surface area (Å²) < 4.78 is 18.8. The summed E-state index contributed by atoms with van der Waals surface area (Å²) in [6.07, 6.45) is 6.24. The van der Waals surface area contributed by atoms with Crippen molar-refractivity contribution in [3.63, 3.8) is 0 Å². The highest BCUT2D eigenvalue weighted by atomic mass is 19.1. The van der Waals surface area contributed by atoms with E-state index in [1.165, 1.54) is 17.7 Å². The Morgan fingerprint density at radius 2 is 1.95 bits per heavy atom. The second-order valence-corrected chi connectivity index (χ2v) is 5.79. The zero-order valence-electron chi connectivity index (χ0n) is 12.6. The van der Waals surface area contributed by atoms with Gasteiger partial charge in [-0.15, -0.1) is 0 Å². The van der Waals surface area contributed by atoms with Crippen LogP contribution in [-0.2, 0) is 17.8 Å². The molecule has 1 fully saturated rings. The van der Waals surface area contributed by atoms with Crippen LogP contribution in [0.15, 0.2) is 48.8 Å². The molecule has 0 radical (unpaired) electrons. The molecule has 22 heavy (non-hydrogen) atoms. The lowest BCUT2D eigenvalue weighted by Crippen LogP contribution is -2.31. The normalized spacial score (nSPS) is 18.0. The van der Waals surface area contributed by atoms with E-state index in [9.17, 15) is 4.39 Å². The smallest absolute Gasteiger partial charge is 0.123 e. The van der Waals surface area contributed by atoms with Crippen molar-refractivity contribution in [3.05, 3.63) is 65.7 Å². The Balaban J connectivity index is 1.68. The van der Waals surface area contributed by atoms with Crippen molar-refractivity contribution in [2.75, 3.05) is 13.2 Å². The lowest BCUT2D eigenvalue weighted by molar-refractivity contribution is 0.0678. The minimum atomic E-state index is -0.193. The van der Waals surface area contributed by atoms with Gasteiger partial charge < -0.3 is 4.74 Å². The molecule has 0 amide bonds. The predicted molar refractivity (Wildman–Crippen MR) is 83.7 cm³/mol. The average Bonchev–Trinajstić information content (AvgIpc) is 3.03. The van der Waals surface area contributed by atoms with Gasteiger partial charge in [-0.2, -0.15) is 0 Å². The maximum atomic E-state index is 13.1. The maximum absolute atomic E-state index is 13.1. The minimum absolute atomic E-state index is 0.193. The van der Waals surface area contributed by atoms with Crippen LogP contribution in [0.1, 0.15) is 24.0 Å². The largest absolute Gasteiger partial charge is 0.377 e. The highest BCUT2D eigenvalue weighted by Crippen LogP contribution is 2.17. The van der Waals surface area contributed by atoms with E-state index in [-0.39, 0.29) is 5.82 Å². The molecule has 0 spiro atoms. The van der Waals surface area contributed by atoms with E-state index in [2.05, 4.69) is 16.0 Å². The molecule has 116 valence electrons. The molecule has 1 aliphatic rings. The lowest BCUT2D eigenvalue weighted by Gasteiger charge is -2.25. The van der Waals surface area contributed by atoms with Gasteiger partial charge in [-0.25, -0.2) is 4.39 Å². The highest BCUT2D eigenvalue weighted by molar-refractivity contribution is 5.16. The first kappa shape index (κ1) is 15.1. The number of ether oxygens (including phenoxy) is 1. The fourth-order valence-electron chi connectivity index (χ4n) is 2.86. The number of pyridine rings is 1. The van der Waals surface area contributed by atoms with Crippen molar-refractivity contribution in [1.82, 2.24) is 9.88 Å². The Bertz CT molecular complexity index is 567. The van der Waals surface area contributed by atoms with Gasteiger partial charge in [0, 0.05) is 38.6 Å². The Morgan fingerprint density at radius 3 is 2.64 bits per heavy atom. The van der Waals surface area contributed by atoms with Crippen molar-refractivity contribution in [3.8, 4) is 0 Å². The highest BCUT2D eigenvalue weighted by Gasteiger charge is 2.19. The summed E-state index contributed by atoms with van der Waals surface area (Å²) in [4.78, 5) is 6.53. The summed E-state index contributed by atoms with van der Waals surface area (Å²) in [5.41, 5.74) is 2.30. The van der Waals surface area contributed by atoms with Crippen LogP contribution in [0.5, 0.6) is 0 Å². The van der Waals surface area contributed by atoms with Gasteiger partial charge in [0.25, 0.3) is 0 Å². The standard InChI is InChI=1S/C18H21FN2O/c19-17-7-5-15(6-8-17)12-21(14-18-4-2-10-22-18)13-16-3-1-9-20-11-16/h1,3,5-9,11,18H,2,4,10,12-14H2. The molecule has 3 nitrogen and oxygen atoms in total. The maximum Gasteiger partial charge on any atom is 0.123 e. The van der Waals surface area contributed by atoms with Crippen LogP contribution in [0.3, 0.4) is 0 Å². The van der Waals surface area contributed by atoms with E-state index in [0.717, 1.165) is 44.6 Å². The van der Waals surface area contributed by atoms with Gasteiger partial charge in [-0.1, -0.05) is 18.2 Å². The van der Waals surface area contributed by atoms with Crippen LogP contribution in [0, 0.1) is 5.82 Å². The Kier molecular flexibility index (Phi) is 5.14. The van der Waals surface area contributed by atoms with Crippen LogP contribution >= 0.6 is 0 Å². The molecule has 1 atom stereocenters. The Morgan fingerprint density at radius 1 is 1.14 bits per heavy atom. The summed E-state index contributed by atoms with van der Waals surface area (Å²) in [7, 11) is 0. The van der Waals surface area contributed by atoms with E-state index in [0.29, 0.717) is 6.10 Å².